The normalized spacial score (nSPS) is 21.7. The standard InChI is InChI=1S/C33H40N4O7S2/c1-46-16-15-26(32(41)42)35-30(39)28-14-13-19-7-6-12-25(31(40)37(19)28)34-29(38)27(18-45)36-33(43)44-17-24-22-10-4-2-8-20(22)21-9-3-5-11-23(21)24/h2-5,8-11,19,24-28,45H,6-7,12-18H2,1H3,(H,34,38)(H,35,39)(H,36,43)(H,41,42)/t19-,25-,26-,27-,28-/m0/s1. The topological polar surface area (TPSA) is 154 Å². The summed E-state index contributed by atoms with van der Waals surface area (Å²) >= 11 is 5.75. The van der Waals surface area contributed by atoms with Gasteiger partial charge in [0.05, 0.1) is 0 Å². The molecule has 2 aromatic rings. The average molecular weight is 669 g/mol. The summed E-state index contributed by atoms with van der Waals surface area (Å²) in [6.45, 7) is 0.0850. The maximum atomic E-state index is 13.7. The molecule has 0 spiro atoms. The van der Waals surface area contributed by atoms with Crippen LogP contribution in [0.3, 0.4) is 0 Å². The first-order chi connectivity index (χ1) is 22.2. The van der Waals surface area contributed by atoms with Gasteiger partial charge in [0.2, 0.25) is 17.7 Å². The first-order valence-corrected chi connectivity index (χ1v) is 17.6. The van der Waals surface area contributed by atoms with Crippen LogP contribution in [0.15, 0.2) is 48.5 Å². The number of carbonyl (C=O) groups excluding carboxylic acids is 4. The number of thioether (sulfide) groups is 1. The Morgan fingerprint density at radius 2 is 1.65 bits per heavy atom. The first kappa shape index (κ1) is 33.6. The quantitative estimate of drug-likeness (QED) is 0.216. The van der Waals surface area contributed by atoms with E-state index in [9.17, 15) is 29.1 Å². The molecule has 2 saturated heterocycles. The number of fused-ring (bicyclic) bond motifs is 4. The van der Waals surface area contributed by atoms with Gasteiger partial charge >= 0.3 is 12.1 Å². The molecule has 0 radical (unpaired) electrons. The lowest BCUT2D eigenvalue weighted by Crippen LogP contribution is -2.58. The van der Waals surface area contributed by atoms with Gasteiger partial charge in [-0.15, -0.1) is 0 Å². The van der Waals surface area contributed by atoms with Crippen LogP contribution in [0, 0.1) is 0 Å². The summed E-state index contributed by atoms with van der Waals surface area (Å²) in [6, 6.07) is 12.0. The molecule has 246 valence electrons. The number of hydrogen-bond donors (Lipinski definition) is 5. The van der Waals surface area contributed by atoms with Crippen molar-refractivity contribution >= 4 is 54.2 Å². The highest BCUT2D eigenvalue weighted by Crippen LogP contribution is 2.44. The second-order valence-corrected chi connectivity index (χ2v) is 13.2. The van der Waals surface area contributed by atoms with Crippen LogP contribution < -0.4 is 16.0 Å². The molecule has 2 heterocycles. The Kier molecular flexibility index (Phi) is 11.2. The number of carboxylic acid groups (broad SMARTS) is 1. The van der Waals surface area contributed by atoms with Gasteiger partial charge in [0.15, 0.2) is 0 Å². The number of alkyl carbamates (subject to hydrolysis) is 1. The fraction of sp³-hybridized carbons (Fsp3) is 0.485. The maximum Gasteiger partial charge on any atom is 0.407 e. The van der Waals surface area contributed by atoms with Crippen LogP contribution in [-0.4, -0.2) is 94.4 Å². The van der Waals surface area contributed by atoms with Gasteiger partial charge in [-0.1, -0.05) is 48.5 Å². The van der Waals surface area contributed by atoms with Crippen LogP contribution in [-0.2, 0) is 23.9 Å². The molecule has 5 rings (SSSR count). The second kappa shape index (κ2) is 15.3. The highest BCUT2D eigenvalue weighted by Gasteiger charge is 2.45. The Bertz CT molecular complexity index is 1430. The van der Waals surface area contributed by atoms with Crippen molar-refractivity contribution in [3.8, 4) is 11.1 Å². The van der Waals surface area contributed by atoms with E-state index in [0.29, 0.717) is 37.9 Å². The number of rotatable bonds is 12. The minimum absolute atomic E-state index is 0.0269. The Hall–Kier alpha value is -3.71. The lowest BCUT2D eigenvalue weighted by molar-refractivity contribution is -0.145. The number of thiol groups is 1. The highest BCUT2D eigenvalue weighted by atomic mass is 32.2. The molecular formula is C33H40N4O7S2. The minimum Gasteiger partial charge on any atom is -0.480 e. The van der Waals surface area contributed by atoms with Crippen LogP contribution in [0.2, 0.25) is 0 Å². The average Bonchev–Trinajstić information content (AvgIpc) is 3.58. The lowest BCUT2D eigenvalue weighted by atomic mass is 9.98. The van der Waals surface area contributed by atoms with Crippen LogP contribution in [0.5, 0.6) is 0 Å². The summed E-state index contributed by atoms with van der Waals surface area (Å²) in [6.07, 6.45) is 4.10. The number of hydrogen-bond acceptors (Lipinski definition) is 8. The highest BCUT2D eigenvalue weighted by molar-refractivity contribution is 7.98. The van der Waals surface area contributed by atoms with E-state index < -0.39 is 48.0 Å². The Morgan fingerprint density at radius 1 is 0.978 bits per heavy atom. The monoisotopic (exact) mass is 668 g/mol. The summed E-state index contributed by atoms with van der Waals surface area (Å²) in [4.78, 5) is 66.3. The number of aliphatic carboxylic acids is 1. The summed E-state index contributed by atoms with van der Waals surface area (Å²) in [5.41, 5.74) is 4.34. The molecule has 5 atom stereocenters. The smallest absolute Gasteiger partial charge is 0.407 e. The molecule has 46 heavy (non-hydrogen) atoms. The van der Waals surface area contributed by atoms with Gasteiger partial charge in [-0.2, -0.15) is 24.4 Å². The molecule has 2 fully saturated rings. The molecule has 4 amide bonds. The number of carbonyl (C=O) groups is 5. The Morgan fingerprint density at radius 3 is 2.28 bits per heavy atom. The third-order valence-corrected chi connectivity index (χ3v) is 10.1. The molecule has 3 aliphatic rings. The summed E-state index contributed by atoms with van der Waals surface area (Å²) < 4.78 is 5.60. The zero-order valence-electron chi connectivity index (χ0n) is 25.6. The van der Waals surface area contributed by atoms with E-state index in [1.165, 1.54) is 16.7 Å². The van der Waals surface area contributed by atoms with E-state index >= 15 is 0 Å². The number of ether oxygens (including phenoxy) is 1. The zero-order valence-corrected chi connectivity index (χ0v) is 27.4. The molecule has 11 nitrogen and oxygen atoms in total. The van der Waals surface area contributed by atoms with Crippen molar-refractivity contribution in [2.24, 2.45) is 0 Å². The van der Waals surface area contributed by atoms with Crippen LogP contribution in [0.1, 0.15) is 55.6 Å². The lowest BCUT2D eigenvalue weighted by Gasteiger charge is -2.31. The van der Waals surface area contributed by atoms with E-state index in [2.05, 4.69) is 28.6 Å². The van der Waals surface area contributed by atoms with Crippen molar-refractivity contribution in [2.45, 2.75) is 74.7 Å². The molecule has 0 bridgehead atoms. The molecule has 1 aliphatic carbocycles. The van der Waals surface area contributed by atoms with E-state index in [-0.39, 0.29) is 36.6 Å². The summed E-state index contributed by atoms with van der Waals surface area (Å²) in [7, 11) is 0. The first-order valence-electron chi connectivity index (χ1n) is 15.6. The zero-order chi connectivity index (χ0) is 32.8. The van der Waals surface area contributed by atoms with Crippen molar-refractivity contribution in [1.82, 2.24) is 20.9 Å². The van der Waals surface area contributed by atoms with Crippen molar-refractivity contribution in [1.29, 1.82) is 0 Å². The van der Waals surface area contributed by atoms with Gasteiger partial charge in [0.1, 0.15) is 30.8 Å². The Balaban J connectivity index is 1.18. The summed E-state index contributed by atoms with van der Waals surface area (Å²) in [5, 5.41) is 17.5. The van der Waals surface area contributed by atoms with E-state index in [1.54, 1.807) is 0 Å². The fourth-order valence-corrected chi connectivity index (χ4v) is 7.49. The Labute approximate surface area is 278 Å². The molecule has 2 aliphatic heterocycles. The molecular weight excluding hydrogens is 629 g/mol. The second-order valence-electron chi connectivity index (χ2n) is 11.9. The van der Waals surface area contributed by atoms with Crippen molar-refractivity contribution in [2.75, 3.05) is 24.4 Å². The van der Waals surface area contributed by atoms with Crippen LogP contribution in [0.4, 0.5) is 4.79 Å². The van der Waals surface area contributed by atoms with Gasteiger partial charge in [-0.3, -0.25) is 14.4 Å². The fourth-order valence-electron chi connectivity index (χ4n) is 6.76. The molecule has 0 aromatic heterocycles. The van der Waals surface area contributed by atoms with E-state index in [1.807, 2.05) is 54.8 Å². The van der Waals surface area contributed by atoms with Gasteiger partial charge in [-0.25, -0.2) is 9.59 Å². The van der Waals surface area contributed by atoms with E-state index in [4.69, 9.17) is 4.74 Å². The van der Waals surface area contributed by atoms with Crippen LogP contribution >= 0.6 is 24.4 Å². The molecule has 0 saturated carbocycles. The van der Waals surface area contributed by atoms with Crippen LogP contribution in [0.25, 0.3) is 11.1 Å². The van der Waals surface area contributed by atoms with Gasteiger partial charge in [0, 0.05) is 17.7 Å². The third kappa shape index (κ3) is 7.30. The predicted molar refractivity (Wildman–Crippen MR) is 178 cm³/mol. The van der Waals surface area contributed by atoms with E-state index in [0.717, 1.165) is 22.3 Å². The maximum absolute atomic E-state index is 13.7. The van der Waals surface area contributed by atoms with Crippen molar-refractivity contribution < 1.29 is 33.8 Å². The van der Waals surface area contributed by atoms with Gasteiger partial charge in [-0.05, 0) is 72.8 Å². The SMILES string of the molecule is CSCC[C@H](NC(=O)[C@@H]1CC[C@@H]2CCC[C@H](NC(=O)[C@H](CS)NC(=O)OCC3c4ccccc4-c4ccccc43)C(=O)N21)C(=O)O. The van der Waals surface area contributed by atoms with Gasteiger partial charge in [0.25, 0.3) is 0 Å². The van der Waals surface area contributed by atoms with Crippen molar-refractivity contribution in [3.63, 3.8) is 0 Å². The van der Waals surface area contributed by atoms with Crippen molar-refractivity contribution in [3.05, 3.63) is 59.7 Å². The minimum atomic E-state index is -1.12. The third-order valence-electron chi connectivity index (χ3n) is 9.06. The molecule has 13 heteroatoms. The summed E-state index contributed by atoms with van der Waals surface area (Å²) in [5.74, 6) is -2.18. The largest absolute Gasteiger partial charge is 0.480 e. The molecule has 2 aromatic carbocycles. The number of benzene rings is 2. The number of carboxylic acids is 1. The predicted octanol–water partition coefficient (Wildman–Crippen LogP) is 3.17. The number of nitrogens with one attached hydrogen (secondary N) is 3. The molecule has 4 N–H and O–H groups in total. The molecule has 0 unspecified atom stereocenters. The van der Waals surface area contributed by atoms with Gasteiger partial charge < -0.3 is 30.7 Å². The number of nitrogens with zero attached hydrogens (tertiary/aromatic N) is 1. The number of amides is 4.